The van der Waals surface area contributed by atoms with Gasteiger partial charge in [0, 0.05) is 6.42 Å². The lowest BCUT2D eigenvalue weighted by atomic mass is 9.99. The van der Waals surface area contributed by atoms with Crippen molar-refractivity contribution in [2.24, 2.45) is 0 Å². The van der Waals surface area contributed by atoms with Crippen LogP contribution in [0.25, 0.3) is 0 Å². The molecule has 0 aromatic heterocycles. The number of thiol groups is 1. The fourth-order valence-corrected chi connectivity index (χ4v) is 1.19. The monoisotopic (exact) mass is 240 g/mol. The highest BCUT2D eigenvalue weighted by Crippen LogP contribution is 2.07. The molecular weight excluding hydrogens is 224 g/mol. The van der Waals surface area contributed by atoms with Gasteiger partial charge in [0.15, 0.2) is 5.78 Å². The van der Waals surface area contributed by atoms with E-state index in [0.717, 1.165) is 0 Å². The summed E-state index contributed by atoms with van der Waals surface area (Å²) >= 11 is 3.77. The number of hydrogen-bond acceptors (Lipinski definition) is 7. The largest absolute Gasteiger partial charge is 0.394 e. The number of Topliss-reactive ketones (excluding diaryl/α,β-unsaturated/α-hetero) is 1. The molecule has 0 aromatic rings. The maximum Gasteiger partial charge on any atom is 0.164 e. The van der Waals surface area contributed by atoms with Gasteiger partial charge in [-0.15, -0.1) is 0 Å². The van der Waals surface area contributed by atoms with Crippen LogP contribution in [0.2, 0.25) is 0 Å². The van der Waals surface area contributed by atoms with Crippen LogP contribution in [0, 0.1) is 0 Å². The first kappa shape index (κ1) is 14.8. The molecule has 0 heterocycles. The summed E-state index contributed by atoms with van der Waals surface area (Å²) in [5.74, 6) is -0.469. The Morgan fingerprint density at radius 1 is 1.13 bits per heavy atom. The van der Waals surface area contributed by atoms with Crippen LogP contribution >= 0.6 is 12.6 Å². The fourth-order valence-electron chi connectivity index (χ4n) is 0.971. The van der Waals surface area contributed by atoms with E-state index >= 15 is 0 Å². The third kappa shape index (κ3) is 4.45. The quantitative estimate of drug-likeness (QED) is 0.270. The first-order chi connectivity index (χ1) is 6.95. The molecule has 0 aliphatic heterocycles. The predicted octanol–water partition coefficient (Wildman–Crippen LogP) is -2.69. The molecule has 0 aromatic carbocycles. The molecule has 0 fully saturated rings. The van der Waals surface area contributed by atoms with Crippen molar-refractivity contribution in [3.8, 4) is 0 Å². The average molecular weight is 240 g/mol. The van der Waals surface area contributed by atoms with Gasteiger partial charge in [0.25, 0.3) is 0 Å². The van der Waals surface area contributed by atoms with E-state index in [9.17, 15) is 20.1 Å². The average Bonchev–Trinajstić information content (AvgIpc) is 2.25. The van der Waals surface area contributed by atoms with E-state index in [4.69, 9.17) is 10.2 Å². The van der Waals surface area contributed by atoms with Crippen LogP contribution in [-0.4, -0.2) is 68.1 Å². The minimum absolute atomic E-state index is 0.0523. The molecule has 0 amide bonds. The number of carbonyl (C=O) groups excluding carboxylic acids is 1. The van der Waals surface area contributed by atoms with Gasteiger partial charge in [-0.2, -0.15) is 12.6 Å². The lowest BCUT2D eigenvalue weighted by Gasteiger charge is -2.24. The molecule has 0 rings (SSSR count). The number of rotatable bonds is 7. The molecule has 0 radical (unpaired) electrons. The second-order valence-corrected chi connectivity index (χ2v) is 3.56. The summed E-state index contributed by atoms with van der Waals surface area (Å²) in [6.07, 6.45) is -7.02. The summed E-state index contributed by atoms with van der Waals surface area (Å²) in [6, 6.07) is 0. The van der Waals surface area contributed by atoms with Crippen LogP contribution in [0.15, 0.2) is 0 Å². The zero-order chi connectivity index (χ0) is 12.0. The van der Waals surface area contributed by atoms with Crippen molar-refractivity contribution >= 4 is 18.4 Å². The van der Waals surface area contributed by atoms with Crippen molar-refractivity contribution in [1.82, 2.24) is 0 Å². The van der Waals surface area contributed by atoms with Crippen molar-refractivity contribution < 1.29 is 30.3 Å². The highest BCUT2D eigenvalue weighted by Gasteiger charge is 2.33. The SMILES string of the molecule is O=C(CCS)[C@H](O)[C@@H](O)[C@@H](O)[C@H](O)CO. The lowest BCUT2D eigenvalue weighted by Crippen LogP contribution is -2.48. The zero-order valence-corrected chi connectivity index (χ0v) is 8.92. The van der Waals surface area contributed by atoms with Crippen LogP contribution in [0.1, 0.15) is 6.42 Å². The molecule has 4 atom stereocenters. The summed E-state index contributed by atoms with van der Waals surface area (Å²) in [5.41, 5.74) is 0. The summed E-state index contributed by atoms with van der Waals surface area (Å²) in [7, 11) is 0. The maximum atomic E-state index is 11.1. The Morgan fingerprint density at radius 2 is 1.67 bits per heavy atom. The van der Waals surface area contributed by atoms with Gasteiger partial charge in [-0.05, 0) is 5.75 Å². The second-order valence-electron chi connectivity index (χ2n) is 3.12. The Labute approximate surface area is 92.6 Å². The molecule has 0 unspecified atom stereocenters. The van der Waals surface area contributed by atoms with Crippen LogP contribution in [0.5, 0.6) is 0 Å². The molecule has 5 N–H and O–H groups in total. The van der Waals surface area contributed by atoms with Gasteiger partial charge in [0.1, 0.15) is 24.4 Å². The van der Waals surface area contributed by atoms with E-state index in [2.05, 4.69) is 12.6 Å². The minimum Gasteiger partial charge on any atom is -0.394 e. The molecule has 15 heavy (non-hydrogen) atoms. The fraction of sp³-hybridized carbons (Fsp3) is 0.875. The molecule has 0 saturated heterocycles. The van der Waals surface area contributed by atoms with E-state index in [1.54, 1.807) is 0 Å². The van der Waals surface area contributed by atoms with Gasteiger partial charge in [0.05, 0.1) is 6.61 Å². The lowest BCUT2D eigenvalue weighted by molar-refractivity contribution is -0.146. The summed E-state index contributed by atoms with van der Waals surface area (Å²) in [4.78, 5) is 11.1. The second kappa shape index (κ2) is 7.15. The van der Waals surface area contributed by atoms with Crippen molar-refractivity contribution in [1.29, 1.82) is 0 Å². The van der Waals surface area contributed by atoms with E-state index < -0.39 is 36.8 Å². The molecule has 0 spiro atoms. The van der Waals surface area contributed by atoms with E-state index in [1.165, 1.54) is 0 Å². The van der Waals surface area contributed by atoms with Crippen LogP contribution in [0.4, 0.5) is 0 Å². The normalized spacial score (nSPS) is 19.3. The van der Waals surface area contributed by atoms with Gasteiger partial charge < -0.3 is 25.5 Å². The molecular formula is C8H16O6S. The molecule has 0 saturated carbocycles. The highest BCUT2D eigenvalue weighted by molar-refractivity contribution is 7.80. The van der Waals surface area contributed by atoms with Crippen LogP contribution in [-0.2, 0) is 4.79 Å². The third-order valence-corrected chi connectivity index (χ3v) is 2.17. The molecule has 0 bridgehead atoms. The Bertz CT molecular complexity index is 200. The number of aliphatic hydroxyl groups excluding tert-OH is 5. The minimum atomic E-state index is -1.82. The van der Waals surface area contributed by atoms with E-state index in [-0.39, 0.29) is 12.2 Å². The summed E-state index contributed by atoms with van der Waals surface area (Å²) < 4.78 is 0. The van der Waals surface area contributed by atoms with Gasteiger partial charge in [-0.3, -0.25) is 4.79 Å². The summed E-state index contributed by atoms with van der Waals surface area (Å²) in [5, 5.41) is 45.1. The Kier molecular flexibility index (Phi) is 7.07. The predicted molar refractivity (Wildman–Crippen MR) is 54.6 cm³/mol. The molecule has 7 heteroatoms. The first-order valence-electron chi connectivity index (χ1n) is 4.42. The van der Waals surface area contributed by atoms with E-state index in [0.29, 0.717) is 0 Å². The van der Waals surface area contributed by atoms with Crippen molar-refractivity contribution in [3.63, 3.8) is 0 Å². The highest BCUT2D eigenvalue weighted by atomic mass is 32.1. The number of ketones is 1. The zero-order valence-electron chi connectivity index (χ0n) is 8.02. The smallest absolute Gasteiger partial charge is 0.164 e. The van der Waals surface area contributed by atoms with Crippen LogP contribution < -0.4 is 0 Å². The van der Waals surface area contributed by atoms with Gasteiger partial charge >= 0.3 is 0 Å². The van der Waals surface area contributed by atoms with E-state index in [1.807, 2.05) is 0 Å². The topological polar surface area (TPSA) is 118 Å². The number of aliphatic hydroxyl groups is 5. The molecule has 0 aliphatic carbocycles. The molecule has 0 aliphatic rings. The Balaban J connectivity index is 4.29. The number of carbonyl (C=O) groups is 1. The number of hydrogen-bond donors (Lipinski definition) is 6. The Morgan fingerprint density at radius 3 is 2.07 bits per heavy atom. The van der Waals surface area contributed by atoms with Crippen molar-refractivity contribution in [3.05, 3.63) is 0 Å². The van der Waals surface area contributed by atoms with Gasteiger partial charge in [-0.25, -0.2) is 0 Å². The maximum absolute atomic E-state index is 11.1. The van der Waals surface area contributed by atoms with Gasteiger partial charge in [-0.1, -0.05) is 0 Å². The molecule has 6 nitrogen and oxygen atoms in total. The standard InChI is InChI=1S/C8H16O6S/c9-3-5(11)7(13)8(14)6(12)4(10)1-2-15/h5-9,11-15H,1-3H2/t5-,6+,7+,8-/m1/s1. The third-order valence-electron chi connectivity index (χ3n) is 1.94. The van der Waals surface area contributed by atoms with Crippen molar-refractivity contribution in [2.45, 2.75) is 30.8 Å². The van der Waals surface area contributed by atoms with Gasteiger partial charge in [0.2, 0.25) is 0 Å². The van der Waals surface area contributed by atoms with Crippen molar-refractivity contribution in [2.75, 3.05) is 12.4 Å². The summed E-state index contributed by atoms with van der Waals surface area (Å²) in [6.45, 7) is -0.772. The first-order valence-corrected chi connectivity index (χ1v) is 5.05. The molecule has 90 valence electrons. The van der Waals surface area contributed by atoms with Crippen LogP contribution in [0.3, 0.4) is 0 Å². The Hall–Kier alpha value is -0.180.